The zero-order valence-corrected chi connectivity index (χ0v) is 18.8. The van der Waals surface area contributed by atoms with Crippen LogP contribution in [0, 0.1) is 0 Å². The van der Waals surface area contributed by atoms with Gasteiger partial charge in [-0.25, -0.2) is 0 Å². The van der Waals surface area contributed by atoms with Crippen molar-refractivity contribution in [2.75, 3.05) is 25.3 Å². The minimum Gasteiger partial charge on any atom is -0.493 e. The lowest BCUT2D eigenvalue weighted by molar-refractivity contribution is -0.113. The molecule has 0 bridgehead atoms. The second kappa shape index (κ2) is 9.31. The number of hydrogen-bond acceptors (Lipinski definition) is 7. The highest BCUT2D eigenvalue weighted by Crippen LogP contribution is 2.30. The van der Waals surface area contributed by atoms with Gasteiger partial charge in [-0.05, 0) is 30.7 Å². The first-order chi connectivity index (χ1) is 15.6. The monoisotopic (exact) mass is 453 g/mol. The molecular weight excluding hydrogens is 430 g/mol. The number of para-hydroxylation sites is 1. The Hall–Kier alpha value is -3.53. The second-order valence-corrected chi connectivity index (χ2v) is 7.94. The highest BCUT2D eigenvalue weighted by molar-refractivity contribution is 7.99. The number of fused-ring (bicyclic) bond motifs is 3. The normalized spacial score (nSPS) is 11.1. The molecule has 1 amide bonds. The fourth-order valence-electron chi connectivity index (χ4n) is 3.49. The van der Waals surface area contributed by atoms with Crippen molar-refractivity contribution in [3.63, 3.8) is 0 Å². The number of nitrogens with one attached hydrogen (secondary N) is 1. The standard InChI is InChI=1S/C22H23N5O4S/c1-4-11-26-20(29)15-7-5-6-8-16(15)27-21(26)24-25-22(27)32-13-19(28)23-14-9-10-17(30-2)18(12-14)31-3/h5-10,12H,4,11,13H2,1-3H3,(H,23,28). The number of amides is 1. The number of benzene rings is 2. The number of hydrogen-bond donors (Lipinski definition) is 1. The fraction of sp³-hybridized carbons (Fsp3) is 0.273. The van der Waals surface area contributed by atoms with E-state index in [1.807, 2.05) is 29.5 Å². The van der Waals surface area contributed by atoms with Crippen LogP contribution < -0.4 is 20.3 Å². The van der Waals surface area contributed by atoms with Gasteiger partial charge < -0.3 is 14.8 Å². The van der Waals surface area contributed by atoms with Crippen LogP contribution in [0.1, 0.15) is 13.3 Å². The largest absolute Gasteiger partial charge is 0.493 e. The molecule has 32 heavy (non-hydrogen) atoms. The maximum atomic E-state index is 12.9. The maximum absolute atomic E-state index is 12.9. The molecule has 0 radical (unpaired) electrons. The van der Waals surface area contributed by atoms with E-state index in [4.69, 9.17) is 9.47 Å². The van der Waals surface area contributed by atoms with Crippen LogP contribution in [0.3, 0.4) is 0 Å². The van der Waals surface area contributed by atoms with Gasteiger partial charge in [0.2, 0.25) is 11.7 Å². The first kappa shape index (κ1) is 21.7. The molecule has 4 rings (SSSR count). The summed E-state index contributed by atoms with van der Waals surface area (Å²) >= 11 is 1.26. The Morgan fingerprint density at radius 3 is 2.62 bits per heavy atom. The molecule has 4 aromatic rings. The molecule has 0 aliphatic rings. The third-order valence-corrected chi connectivity index (χ3v) is 5.85. The molecule has 0 spiro atoms. The Labute approximate surface area is 188 Å². The number of methoxy groups -OCH3 is 2. The van der Waals surface area contributed by atoms with Crippen molar-refractivity contribution < 1.29 is 14.3 Å². The molecule has 1 N–H and O–H groups in total. The Morgan fingerprint density at radius 1 is 1.09 bits per heavy atom. The van der Waals surface area contributed by atoms with Gasteiger partial charge >= 0.3 is 0 Å². The van der Waals surface area contributed by atoms with Gasteiger partial charge in [0.1, 0.15) is 0 Å². The molecule has 0 atom stereocenters. The fourth-order valence-corrected chi connectivity index (χ4v) is 4.23. The summed E-state index contributed by atoms with van der Waals surface area (Å²) in [6.45, 7) is 2.54. The average Bonchev–Trinajstić information content (AvgIpc) is 3.24. The maximum Gasteiger partial charge on any atom is 0.262 e. The van der Waals surface area contributed by atoms with Gasteiger partial charge in [-0.2, -0.15) is 0 Å². The number of nitrogens with zero attached hydrogens (tertiary/aromatic N) is 4. The molecule has 0 aliphatic heterocycles. The van der Waals surface area contributed by atoms with Crippen molar-refractivity contribution in [3.05, 3.63) is 52.8 Å². The third-order valence-electron chi connectivity index (χ3n) is 4.93. The highest BCUT2D eigenvalue weighted by Gasteiger charge is 2.17. The Balaban J connectivity index is 1.60. The van der Waals surface area contributed by atoms with E-state index in [1.165, 1.54) is 18.9 Å². The number of carbonyl (C=O) groups is 1. The molecule has 0 aliphatic carbocycles. The van der Waals surface area contributed by atoms with E-state index in [1.54, 1.807) is 35.9 Å². The van der Waals surface area contributed by atoms with Crippen molar-refractivity contribution in [3.8, 4) is 11.5 Å². The van der Waals surface area contributed by atoms with Gasteiger partial charge in [-0.15, -0.1) is 10.2 Å². The first-order valence-electron chi connectivity index (χ1n) is 10.1. The minimum absolute atomic E-state index is 0.0925. The van der Waals surface area contributed by atoms with Gasteiger partial charge in [0.15, 0.2) is 16.7 Å². The number of anilines is 1. The van der Waals surface area contributed by atoms with Crippen LogP contribution in [0.25, 0.3) is 16.7 Å². The molecular formula is C22H23N5O4S. The van der Waals surface area contributed by atoms with Crippen LogP contribution in [0.5, 0.6) is 11.5 Å². The van der Waals surface area contributed by atoms with Crippen molar-refractivity contribution in [1.29, 1.82) is 0 Å². The molecule has 2 aromatic carbocycles. The summed E-state index contributed by atoms with van der Waals surface area (Å²) in [6.07, 6.45) is 0.789. The Bertz CT molecular complexity index is 1350. The van der Waals surface area contributed by atoms with Crippen molar-refractivity contribution in [1.82, 2.24) is 19.2 Å². The van der Waals surface area contributed by atoms with E-state index in [9.17, 15) is 9.59 Å². The number of rotatable bonds is 8. The number of thioether (sulfide) groups is 1. The summed E-state index contributed by atoms with van der Waals surface area (Å²) in [6, 6.07) is 12.5. The van der Waals surface area contributed by atoms with Crippen LogP contribution in [0.15, 0.2) is 52.4 Å². The lowest BCUT2D eigenvalue weighted by atomic mass is 10.2. The van der Waals surface area contributed by atoms with E-state index in [2.05, 4.69) is 15.5 Å². The van der Waals surface area contributed by atoms with Crippen LogP contribution in [-0.2, 0) is 11.3 Å². The van der Waals surface area contributed by atoms with Crippen LogP contribution in [-0.4, -0.2) is 45.0 Å². The van der Waals surface area contributed by atoms with Gasteiger partial charge in [-0.3, -0.25) is 18.6 Å². The van der Waals surface area contributed by atoms with Crippen LogP contribution in [0.4, 0.5) is 5.69 Å². The molecule has 0 saturated heterocycles. The summed E-state index contributed by atoms with van der Waals surface area (Å²) in [4.78, 5) is 25.5. The molecule has 10 heteroatoms. The van der Waals surface area contributed by atoms with E-state index in [0.717, 1.165) is 6.42 Å². The number of aryl methyl sites for hydroxylation is 1. The molecule has 9 nitrogen and oxygen atoms in total. The van der Waals surface area contributed by atoms with E-state index < -0.39 is 0 Å². The zero-order valence-electron chi connectivity index (χ0n) is 18.0. The number of ether oxygens (including phenoxy) is 2. The van der Waals surface area contributed by atoms with Crippen LogP contribution in [0.2, 0.25) is 0 Å². The highest BCUT2D eigenvalue weighted by atomic mass is 32.2. The smallest absolute Gasteiger partial charge is 0.262 e. The third kappa shape index (κ3) is 4.01. The molecule has 0 saturated carbocycles. The van der Waals surface area contributed by atoms with E-state index >= 15 is 0 Å². The predicted molar refractivity (Wildman–Crippen MR) is 124 cm³/mol. The minimum atomic E-state index is -0.204. The number of aromatic nitrogens is 4. The molecule has 0 fully saturated rings. The van der Waals surface area contributed by atoms with Crippen LogP contribution >= 0.6 is 11.8 Å². The summed E-state index contributed by atoms with van der Waals surface area (Å²) in [5, 5.41) is 12.5. The lowest BCUT2D eigenvalue weighted by Gasteiger charge is -2.11. The first-order valence-corrected chi connectivity index (χ1v) is 11.1. The van der Waals surface area contributed by atoms with Crippen molar-refractivity contribution in [2.45, 2.75) is 25.0 Å². The Morgan fingerprint density at radius 2 is 1.88 bits per heavy atom. The molecule has 166 valence electrons. The predicted octanol–water partition coefficient (Wildman–Crippen LogP) is 3.20. The number of carbonyl (C=O) groups excluding carboxylic acids is 1. The quantitative estimate of drug-likeness (QED) is 0.409. The summed E-state index contributed by atoms with van der Waals surface area (Å²) in [7, 11) is 3.09. The van der Waals surface area contributed by atoms with Gasteiger partial charge in [0, 0.05) is 18.3 Å². The Kier molecular flexibility index (Phi) is 6.31. The summed E-state index contributed by atoms with van der Waals surface area (Å²) in [5.74, 6) is 1.50. The van der Waals surface area contributed by atoms with E-state index in [-0.39, 0.29) is 17.2 Å². The zero-order chi connectivity index (χ0) is 22.7. The molecule has 0 unspecified atom stereocenters. The van der Waals surface area contributed by atoms with E-state index in [0.29, 0.717) is 45.6 Å². The van der Waals surface area contributed by atoms with Gasteiger partial charge in [0.05, 0.1) is 30.9 Å². The molecule has 2 aromatic heterocycles. The van der Waals surface area contributed by atoms with Crippen molar-refractivity contribution >= 4 is 40.0 Å². The summed E-state index contributed by atoms with van der Waals surface area (Å²) in [5.41, 5.74) is 1.22. The second-order valence-electron chi connectivity index (χ2n) is 7.00. The summed E-state index contributed by atoms with van der Waals surface area (Å²) < 4.78 is 14.0. The van der Waals surface area contributed by atoms with Gasteiger partial charge in [0.25, 0.3) is 5.56 Å². The van der Waals surface area contributed by atoms with Gasteiger partial charge in [-0.1, -0.05) is 30.8 Å². The average molecular weight is 454 g/mol. The molecule has 2 heterocycles. The topological polar surface area (TPSA) is 99.8 Å². The lowest BCUT2D eigenvalue weighted by Crippen LogP contribution is -2.23. The van der Waals surface area contributed by atoms with Crippen molar-refractivity contribution in [2.24, 2.45) is 0 Å². The SMILES string of the molecule is CCCn1c(=O)c2ccccc2n2c(SCC(=O)Nc3ccc(OC)c(OC)c3)nnc12.